The van der Waals surface area contributed by atoms with Crippen LogP contribution in [0.15, 0.2) is 30.3 Å². The maximum absolute atomic E-state index is 14.0. The molecule has 4 aromatic rings. The number of hydrogen-bond acceptors (Lipinski definition) is 5. The van der Waals surface area contributed by atoms with E-state index in [0.29, 0.717) is 22.3 Å². The van der Waals surface area contributed by atoms with E-state index in [1.807, 2.05) is 6.07 Å². The second kappa shape index (κ2) is 5.79. The highest BCUT2D eigenvalue weighted by molar-refractivity contribution is 7.19. The minimum atomic E-state index is -0.347. The summed E-state index contributed by atoms with van der Waals surface area (Å²) in [5.74, 6) is 0.590. The van der Waals surface area contributed by atoms with Crippen LogP contribution in [0, 0.1) is 11.7 Å². The Hall–Kier alpha value is -2.61. The number of aromatic nitrogens is 6. The van der Waals surface area contributed by atoms with E-state index in [0.717, 1.165) is 22.8 Å². The normalized spacial score (nSPS) is 11.7. The molecular formula is C16H15FN6S. The molecule has 0 aliphatic carbocycles. The van der Waals surface area contributed by atoms with Gasteiger partial charge in [0.1, 0.15) is 11.5 Å². The number of hydrogen-bond donors (Lipinski definition) is 1. The van der Waals surface area contributed by atoms with Crippen LogP contribution in [0.4, 0.5) is 4.39 Å². The minimum absolute atomic E-state index is 0.347. The Bertz CT molecular complexity index is 999. The Labute approximate surface area is 141 Å². The fraction of sp³-hybridized carbons (Fsp3) is 0.250. The van der Waals surface area contributed by atoms with Gasteiger partial charge in [-0.1, -0.05) is 37.3 Å². The van der Waals surface area contributed by atoms with Crippen molar-refractivity contribution in [3.8, 4) is 22.1 Å². The molecule has 3 aromatic heterocycles. The smallest absolute Gasteiger partial charge is 0.235 e. The zero-order valence-electron chi connectivity index (χ0n) is 13.2. The minimum Gasteiger partial charge on any atom is -0.282 e. The first-order valence-electron chi connectivity index (χ1n) is 7.63. The highest BCUT2D eigenvalue weighted by Crippen LogP contribution is 2.28. The SMILES string of the molecule is CC(C)Cc1cc(-c2nn3c(-c4ccccc4F)nnc3s2)n[nH]1. The molecule has 4 rings (SSSR count). The predicted molar refractivity (Wildman–Crippen MR) is 90.2 cm³/mol. The van der Waals surface area contributed by atoms with Crippen LogP contribution in [0.5, 0.6) is 0 Å². The van der Waals surface area contributed by atoms with E-state index in [2.05, 4.69) is 39.3 Å². The van der Waals surface area contributed by atoms with Crippen molar-refractivity contribution in [2.24, 2.45) is 5.92 Å². The monoisotopic (exact) mass is 342 g/mol. The third-order valence-electron chi connectivity index (χ3n) is 3.58. The topological polar surface area (TPSA) is 71.8 Å². The van der Waals surface area contributed by atoms with E-state index in [1.165, 1.54) is 17.4 Å². The third kappa shape index (κ3) is 2.58. The van der Waals surface area contributed by atoms with Gasteiger partial charge in [0, 0.05) is 5.69 Å². The van der Waals surface area contributed by atoms with Crippen LogP contribution in [-0.4, -0.2) is 30.0 Å². The number of H-pyrrole nitrogens is 1. The van der Waals surface area contributed by atoms with Crippen LogP contribution >= 0.6 is 11.3 Å². The van der Waals surface area contributed by atoms with E-state index in [1.54, 1.807) is 22.7 Å². The molecule has 122 valence electrons. The van der Waals surface area contributed by atoms with Crippen molar-refractivity contribution in [3.63, 3.8) is 0 Å². The standard InChI is InChI=1S/C16H15FN6S/c1-9(2)7-10-8-13(19-18-10)15-22-23-14(20-21-16(23)24-15)11-5-3-4-6-12(11)17/h3-6,8-9H,7H2,1-2H3,(H,18,19). The highest BCUT2D eigenvalue weighted by atomic mass is 32.1. The van der Waals surface area contributed by atoms with Crippen LogP contribution in [0.1, 0.15) is 19.5 Å². The van der Waals surface area contributed by atoms with Gasteiger partial charge < -0.3 is 0 Å². The van der Waals surface area contributed by atoms with Gasteiger partial charge in [-0.2, -0.15) is 14.7 Å². The quantitative estimate of drug-likeness (QED) is 0.615. The largest absolute Gasteiger partial charge is 0.282 e. The molecule has 0 fully saturated rings. The van der Waals surface area contributed by atoms with Gasteiger partial charge in [0.15, 0.2) is 10.8 Å². The molecule has 0 amide bonds. The van der Waals surface area contributed by atoms with Gasteiger partial charge in [-0.05, 0) is 30.5 Å². The second-order valence-corrected chi connectivity index (χ2v) is 6.94. The van der Waals surface area contributed by atoms with Crippen molar-refractivity contribution in [1.82, 2.24) is 30.0 Å². The van der Waals surface area contributed by atoms with Gasteiger partial charge in [-0.15, -0.1) is 10.2 Å². The highest BCUT2D eigenvalue weighted by Gasteiger charge is 2.18. The average Bonchev–Trinajstić information content (AvgIpc) is 3.22. The van der Waals surface area contributed by atoms with E-state index in [9.17, 15) is 4.39 Å². The molecule has 0 aliphatic heterocycles. The molecule has 0 saturated heterocycles. The van der Waals surface area contributed by atoms with Crippen LogP contribution in [0.2, 0.25) is 0 Å². The van der Waals surface area contributed by atoms with E-state index < -0.39 is 0 Å². The number of aromatic amines is 1. The number of benzene rings is 1. The molecule has 24 heavy (non-hydrogen) atoms. The van der Waals surface area contributed by atoms with Crippen LogP contribution < -0.4 is 0 Å². The first-order chi connectivity index (χ1) is 11.6. The molecular weight excluding hydrogens is 327 g/mol. The molecule has 8 heteroatoms. The van der Waals surface area contributed by atoms with Crippen molar-refractivity contribution < 1.29 is 4.39 Å². The Balaban J connectivity index is 1.75. The summed E-state index contributed by atoms with van der Waals surface area (Å²) in [6.07, 6.45) is 0.928. The van der Waals surface area contributed by atoms with Crippen molar-refractivity contribution in [3.05, 3.63) is 41.8 Å². The first kappa shape index (κ1) is 14.9. The fourth-order valence-corrected chi connectivity index (χ4v) is 3.35. The predicted octanol–water partition coefficient (Wildman–Crippen LogP) is 3.58. The van der Waals surface area contributed by atoms with Crippen molar-refractivity contribution in [2.75, 3.05) is 0 Å². The lowest BCUT2D eigenvalue weighted by Gasteiger charge is -1.98. The molecule has 0 bridgehead atoms. The number of rotatable bonds is 4. The van der Waals surface area contributed by atoms with Crippen LogP contribution in [0.25, 0.3) is 27.1 Å². The van der Waals surface area contributed by atoms with Gasteiger partial charge >= 0.3 is 0 Å². The second-order valence-electron chi connectivity index (χ2n) is 5.98. The summed E-state index contributed by atoms with van der Waals surface area (Å²) in [5, 5.41) is 20.8. The number of halogens is 1. The zero-order chi connectivity index (χ0) is 16.7. The van der Waals surface area contributed by atoms with E-state index in [-0.39, 0.29) is 5.82 Å². The van der Waals surface area contributed by atoms with E-state index in [4.69, 9.17) is 0 Å². The number of nitrogens with one attached hydrogen (secondary N) is 1. The van der Waals surface area contributed by atoms with Gasteiger partial charge in [0.05, 0.1) is 5.56 Å². The maximum atomic E-state index is 14.0. The van der Waals surface area contributed by atoms with Crippen LogP contribution in [-0.2, 0) is 6.42 Å². The molecule has 0 atom stereocenters. The average molecular weight is 342 g/mol. The summed E-state index contributed by atoms with van der Waals surface area (Å²) in [5.41, 5.74) is 2.21. The van der Waals surface area contributed by atoms with Crippen molar-refractivity contribution in [1.29, 1.82) is 0 Å². The molecule has 1 aromatic carbocycles. The molecule has 0 spiro atoms. The fourth-order valence-electron chi connectivity index (χ4n) is 2.55. The summed E-state index contributed by atoms with van der Waals surface area (Å²) in [4.78, 5) is 0.608. The lowest BCUT2D eigenvalue weighted by Crippen LogP contribution is -1.93. The summed E-state index contributed by atoms with van der Waals surface area (Å²) in [6.45, 7) is 4.31. The van der Waals surface area contributed by atoms with Crippen LogP contribution in [0.3, 0.4) is 0 Å². The molecule has 6 nitrogen and oxygen atoms in total. The van der Waals surface area contributed by atoms with Crippen molar-refractivity contribution in [2.45, 2.75) is 20.3 Å². The summed E-state index contributed by atoms with van der Waals surface area (Å²) in [6, 6.07) is 8.46. The van der Waals surface area contributed by atoms with Crippen molar-refractivity contribution >= 4 is 16.3 Å². The third-order valence-corrected chi connectivity index (χ3v) is 4.51. The Morgan fingerprint density at radius 3 is 2.88 bits per heavy atom. The Morgan fingerprint density at radius 1 is 1.25 bits per heavy atom. The van der Waals surface area contributed by atoms with Gasteiger partial charge in [0.2, 0.25) is 4.96 Å². The molecule has 0 aliphatic rings. The molecule has 1 N–H and O–H groups in total. The summed E-state index contributed by atoms with van der Waals surface area (Å²) < 4.78 is 15.6. The maximum Gasteiger partial charge on any atom is 0.235 e. The van der Waals surface area contributed by atoms with E-state index >= 15 is 0 Å². The van der Waals surface area contributed by atoms with Gasteiger partial charge in [-0.3, -0.25) is 5.10 Å². The van der Waals surface area contributed by atoms with Gasteiger partial charge in [-0.25, -0.2) is 4.39 Å². The number of fused-ring (bicyclic) bond motifs is 1. The zero-order valence-corrected chi connectivity index (χ0v) is 14.0. The molecule has 0 unspecified atom stereocenters. The Kier molecular flexibility index (Phi) is 3.61. The Morgan fingerprint density at radius 2 is 2.08 bits per heavy atom. The summed E-state index contributed by atoms with van der Waals surface area (Å²) in [7, 11) is 0. The molecule has 0 saturated carbocycles. The lowest BCUT2D eigenvalue weighted by molar-refractivity contribution is 0.629. The lowest BCUT2D eigenvalue weighted by atomic mass is 10.1. The van der Waals surface area contributed by atoms with Gasteiger partial charge in [0.25, 0.3) is 0 Å². The first-order valence-corrected chi connectivity index (χ1v) is 8.45. The summed E-state index contributed by atoms with van der Waals surface area (Å²) >= 11 is 1.38. The molecule has 0 radical (unpaired) electrons. The number of nitrogens with zero attached hydrogens (tertiary/aromatic N) is 5. The molecule has 3 heterocycles.